The standard InChI is InChI=1S/C10H12FNO5S/c11-8-3-1-2-4-9(8)18(15,16)12-5-6-17-7-10(13)14/h1-4,12H,5-7H2,(H,13,14). The molecule has 8 heteroatoms. The number of nitrogens with one attached hydrogen (secondary N) is 1. The van der Waals surface area contributed by atoms with Crippen LogP contribution in [0.1, 0.15) is 0 Å². The monoisotopic (exact) mass is 277 g/mol. The third kappa shape index (κ3) is 4.40. The van der Waals surface area contributed by atoms with Gasteiger partial charge in [-0.25, -0.2) is 22.3 Å². The van der Waals surface area contributed by atoms with E-state index >= 15 is 0 Å². The second-order valence-electron chi connectivity index (χ2n) is 3.27. The number of carboxylic acids is 1. The molecule has 6 nitrogen and oxygen atoms in total. The Kier molecular flexibility index (Phi) is 5.20. The van der Waals surface area contributed by atoms with Crippen LogP contribution in [0.25, 0.3) is 0 Å². The topological polar surface area (TPSA) is 92.7 Å². The summed E-state index contributed by atoms with van der Waals surface area (Å²) in [5.74, 6) is -2.00. The quantitative estimate of drug-likeness (QED) is 0.695. The SMILES string of the molecule is O=C(O)COCCNS(=O)(=O)c1ccccc1F. The molecule has 0 unspecified atom stereocenters. The minimum atomic E-state index is -3.94. The summed E-state index contributed by atoms with van der Waals surface area (Å²) >= 11 is 0. The maximum Gasteiger partial charge on any atom is 0.329 e. The van der Waals surface area contributed by atoms with Gasteiger partial charge in [0.25, 0.3) is 0 Å². The van der Waals surface area contributed by atoms with Crippen LogP contribution >= 0.6 is 0 Å². The molecule has 0 aliphatic carbocycles. The molecule has 18 heavy (non-hydrogen) atoms. The summed E-state index contributed by atoms with van der Waals surface area (Å²) in [6.45, 7) is -0.759. The Balaban J connectivity index is 2.51. The van der Waals surface area contributed by atoms with E-state index in [2.05, 4.69) is 9.46 Å². The van der Waals surface area contributed by atoms with Crippen LogP contribution in [0.15, 0.2) is 29.2 Å². The summed E-state index contributed by atoms with van der Waals surface area (Å²) in [4.78, 5) is 9.66. The molecule has 1 aromatic rings. The van der Waals surface area contributed by atoms with Gasteiger partial charge in [0.1, 0.15) is 17.3 Å². The van der Waals surface area contributed by atoms with Gasteiger partial charge in [0.05, 0.1) is 6.61 Å². The molecule has 0 saturated heterocycles. The molecule has 0 fully saturated rings. The number of halogens is 1. The lowest BCUT2D eigenvalue weighted by molar-refractivity contribution is -0.142. The molecule has 0 heterocycles. The summed E-state index contributed by atoms with van der Waals surface area (Å²) in [5, 5.41) is 8.27. The number of carbonyl (C=O) groups is 1. The van der Waals surface area contributed by atoms with E-state index in [4.69, 9.17) is 5.11 Å². The first-order chi connectivity index (χ1) is 8.43. The second-order valence-corrected chi connectivity index (χ2v) is 5.01. The lowest BCUT2D eigenvalue weighted by atomic mass is 10.4. The molecular formula is C10H12FNO5S. The number of rotatable bonds is 7. The zero-order valence-electron chi connectivity index (χ0n) is 9.30. The number of aliphatic carboxylic acids is 1. The van der Waals surface area contributed by atoms with Gasteiger partial charge in [-0.2, -0.15) is 0 Å². The first kappa shape index (κ1) is 14.6. The van der Waals surface area contributed by atoms with Gasteiger partial charge in [0.15, 0.2) is 0 Å². The Hall–Kier alpha value is -1.51. The Morgan fingerprint density at radius 1 is 1.39 bits per heavy atom. The maximum absolute atomic E-state index is 13.2. The summed E-state index contributed by atoms with van der Waals surface area (Å²) < 4.78 is 43.2. The van der Waals surface area contributed by atoms with Crippen molar-refractivity contribution in [1.82, 2.24) is 4.72 Å². The van der Waals surface area contributed by atoms with Crippen LogP contribution in [-0.4, -0.2) is 39.3 Å². The molecule has 0 spiro atoms. The van der Waals surface area contributed by atoms with E-state index < -0.39 is 33.3 Å². The third-order valence-corrected chi connectivity index (χ3v) is 3.38. The highest BCUT2D eigenvalue weighted by atomic mass is 32.2. The number of hydrogen-bond acceptors (Lipinski definition) is 4. The molecule has 0 aromatic heterocycles. The van der Waals surface area contributed by atoms with Crippen molar-refractivity contribution < 1.29 is 27.4 Å². The molecule has 100 valence electrons. The minimum Gasteiger partial charge on any atom is -0.480 e. The fourth-order valence-electron chi connectivity index (χ4n) is 1.15. The number of carboxylic acid groups (broad SMARTS) is 1. The molecule has 2 N–H and O–H groups in total. The van der Waals surface area contributed by atoms with E-state index in [0.717, 1.165) is 12.1 Å². The summed E-state index contributed by atoms with van der Waals surface area (Å²) in [6.07, 6.45) is 0. The largest absolute Gasteiger partial charge is 0.480 e. The van der Waals surface area contributed by atoms with Crippen molar-refractivity contribution in [2.75, 3.05) is 19.8 Å². The van der Waals surface area contributed by atoms with Crippen molar-refractivity contribution in [3.05, 3.63) is 30.1 Å². The molecule has 0 aliphatic rings. The summed E-state index contributed by atoms with van der Waals surface area (Å²) in [6, 6.07) is 4.95. The Morgan fingerprint density at radius 2 is 2.06 bits per heavy atom. The fraction of sp³-hybridized carbons (Fsp3) is 0.300. The highest BCUT2D eigenvalue weighted by Crippen LogP contribution is 2.12. The normalized spacial score (nSPS) is 11.4. The molecule has 0 amide bonds. The van der Waals surface area contributed by atoms with E-state index in [1.54, 1.807) is 0 Å². The average Bonchev–Trinajstić information content (AvgIpc) is 2.28. The zero-order valence-corrected chi connectivity index (χ0v) is 10.1. The lowest BCUT2D eigenvalue weighted by Crippen LogP contribution is -2.28. The Labute approximate surface area is 103 Å². The number of sulfonamides is 1. The number of benzene rings is 1. The molecule has 0 aliphatic heterocycles. The Morgan fingerprint density at radius 3 is 2.67 bits per heavy atom. The molecular weight excluding hydrogens is 265 g/mol. The van der Waals surface area contributed by atoms with Crippen molar-refractivity contribution in [1.29, 1.82) is 0 Å². The van der Waals surface area contributed by atoms with E-state index in [1.165, 1.54) is 12.1 Å². The van der Waals surface area contributed by atoms with Gasteiger partial charge in [0, 0.05) is 6.54 Å². The van der Waals surface area contributed by atoms with Gasteiger partial charge in [0.2, 0.25) is 10.0 Å². The highest BCUT2D eigenvalue weighted by Gasteiger charge is 2.17. The van der Waals surface area contributed by atoms with E-state index in [9.17, 15) is 17.6 Å². The van der Waals surface area contributed by atoms with Crippen molar-refractivity contribution in [2.24, 2.45) is 0 Å². The van der Waals surface area contributed by atoms with Gasteiger partial charge in [-0.1, -0.05) is 12.1 Å². The van der Waals surface area contributed by atoms with Gasteiger partial charge in [-0.05, 0) is 12.1 Å². The van der Waals surface area contributed by atoms with E-state index in [-0.39, 0.29) is 13.2 Å². The summed E-state index contributed by atoms with van der Waals surface area (Å²) in [5.41, 5.74) is 0. The van der Waals surface area contributed by atoms with Crippen LogP contribution in [0.4, 0.5) is 4.39 Å². The highest BCUT2D eigenvalue weighted by molar-refractivity contribution is 7.89. The number of hydrogen-bond donors (Lipinski definition) is 2. The van der Waals surface area contributed by atoms with Crippen molar-refractivity contribution >= 4 is 16.0 Å². The molecule has 0 radical (unpaired) electrons. The predicted octanol–water partition coefficient (Wildman–Crippen LogP) is 0.205. The number of ether oxygens (including phenoxy) is 1. The second kappa shape index (κ2) is 6.43. The van der Waals surface area contributed by atoms with Crippen LogP contribution in [0.3, 0.4) is 0 Å². The van der Waals surface area contributed by atoms with E-state index in [1.807, 2.05) is 0 Å². The lowest BCUT2D eigenvalue weighted by Gasteiger charge is -2.07. The van der Waals surface area contributed by atoms with Gasteiger partial charge < -0.3 is 9.84 Å². The van der Waals surface area contributed by atoms with Crippen LogP contribution in [0.2, 0.25) is 0 Å². The van der Waals surface area contributed by atoms with Crippen molar-refractivity contribution in [2.45, 2.75) is 4.90 Å². The van der Waals surface area contributed by atoms with Gasteiger partial charge >= 0.3 is 5.97 Å². The Bertz CT molecular complexity index is 517. The molecule has 0 saturated carbocycles. The van der Waals surface area contributed by atoms with Gasteiger partial charge in [-0.3, -0.25) is 0 Å². The third-order valence-electron chi connectivity index (χ3n) is 1.89. The molecule has 0 atom stereocenters. The summed E-state index contributed by atoms with van der Waals surface area (Å²) in [7, 11) is -3.94. The zero-order chi connectivity index (χ0) is 13.6. The first-order valence-corrected chi connectivity index (χ1v) is 6.45. The average molecular weight is 277 g/mol. The molecule has 0 bridgehead atoms. The van der Waals surface area contributed by atoms with Crippen LogP contribution in [0, 0.1) is 5.82 Å². The van der Waals surface area contributed by atoms with Crippen molar-refractivity contribution in [3.8, 4) is 0 Å². The molecule has 1 rings (SSSR count). The smallest absolute Gasteiger partial charge is 0.329 e. The van der Waals surface area contributed by atoms with Gasteiger partial charge in [-0.15, -0.1) is 0 Å². The van der Waals surface area contributed by atoms with E-state index in [0.29, 0.717) is 0 Å². The minimum absolute atomic E-state index is 0.111. The first-order valence-electron chi connectivity index (χ1n) is 4.97. The predicted molar refractivity (Wildman–Crippen MR) is 60.0 cm³/mol. The van der Waals surface area contributed by atoms with Crippen molar-refractivity contribution in [3.63, 3.8) is 0 Å². The maximum atomic E-state index is 13.2. The van der Waals surface area contributed by atoms with Crippen LogP contribution in [-0.2, 0) is 19.6 Å². The fourth-order valence-corrected chi connectivity index (χ4v) is 2.24. The van der Waals surface area contributed by atoms with Crippen LogP contribution < -0.4 is 4.72 Å². The van der Waals surface area contributed by atoms with Crippen LogP contribution in [0.5, 0.6) is 0 Å². The molecule has 1 aromatic carbocycles.